The quantitative estimate of drug-likeness (QED) is 0.653. The lowest BCUT2D eigenvalue weighted by Crippen LogP contribution is -2.32. The molecule has 0 bridgehead atoms. The van der Waals surface area contributed by atoms with Gasteiger partial charge in [-0.15, -0.1) is 0 Å². The predicted octanol–water partition coefficient (Wildman–Crippen LogP) is 4.93. The van der Waals surface area contributed by atoms with Crippen molar-refractivity contribution in [3.63, 3.8) is 0 Å². The Morgan fingerprint density at radius 3 is 2.35 bits per heavy atom. The third-order valence-electron chi connectivity index (χ3n) is 4.13. The average Bonchev–Trinajstić information content (AvgIpc) is 2.85. The molecule has 4 nitrogen and oxygen atoms in total. The highest BCUT2D eigenvalue weighted by atomic mass is 35.5. The van der Waals surface area contributed by atoms with E-state index in [4.69, 9.17) is 23.2 Å². The maximum atomic E-state index is 12.9. The summed E-state index contributed by atoms with van der Waals surface area (Å²) in [7, 11) is 0. The maximum Gasteiger partial charge on any atom is 0.283 e. The summed E-state index contributed by atoms with van der Waals surface area (Å²) in [5.74, 6) is -1.06. The summed E-state index contributed by atoms with van der Waals surface area (Å²) in [5.41, 5.74) is 1.11. The van der Waals surface area contributed by atoms with Crippen LogP contribution >= 0.6 is 23.2 Å². The van der Waals surface area contributed by atoms with Crippen molar-refractivity contribution in [2.45, 2.75) is 0 Å². The van der Waals surface area contributed by atoms with E-state index in [0.29, 0.717) is 16.4 Å². The molecule has 4 rings (SSSR count). The first-order chi connectivity index (χ1) is 12.6. The van der Waals surface area contributed by atoms with Gasteiger partial charge in [0.2, 0.25) is 0 Å². The molecule has 6 heteroatoms. The van der Waals surface area contributed by atoms with Gasteiger partial charge in [-0.05, 0) is 29.7 Å². The zero-order chi connectivity index (χ0) is 18.3. The number of fused-ring (bicyclic) bond motifs is 1. The van der Waals surface area contributed by atoms with E-state index in [-0.39, 0.29) is 10.7 Å². The van der Waals surface area contributed by atoms with Crippen LogP contribution in [-0.4, -0.2) is 11.8 Å². The molecule has 0 aromatic heterocycles. The Hall–Kier alpha value is -2.82. The Morgan fingerprint density at radius 1 is 0.808 bits per heavy atom. The van der Waals surface area contributed by atoms with Gasteiger partial charge in [0, 0.05) is 16.1 Å². The topological polar surface area (TPSA) is 49.4 Å². The molecule has 1 heterocycles. The van der Waals surface area contributed by atoms with E-state index in [1.807, 2.05) is 30.3 Å². The molecule has 0 fully saturated rings. The van der Waals surface area contributed by atoms with E-state index < -0.39 is 11.8 Å². The van der Waals surface area contributed by atoms with E-state index in [1.165, 1.54) is 0 Å². The predicted molar refractivity (Wildman–Crippen MR) is 104 cm³/mol. The number of hydrogen-bond donors (Lipinski definition) is 1. The van der Waals surface area contributed by atoms with Crippen LogP contribution in [0.15, 0.2) is 77.5 Å². The van der Waals surface area contributed by atoms with Gasteiger partial charge in [0.05, 0.1) is 5.69 Å². The van der Waals surface area contributed by atoms with Crippen molar-refractivity contribution in [2.24, 2.45) is 0 Å². The Bertz CT molecular complexity index is 1090. The van der Waals surface area contributed by atoms with E-state index in [9.17, 15) is 9.59 Å². The molecule has 0 aliphatic carbocycles. The van der Waals surface area contributed by atoms with Crippen LogP contribution in [0.4, 0.5) is 11.4 Å². The minimum absolute atomic E-state index is 0.0341. The summed E-state index contributed by atoms with van der Waals surface area (Å²) in [6, 6.07) is 19.8. The van der Waals surface area contributed by atoms with Gasteiger partial charge < -0.3 is 5.32 Å². The standard InChI is InChI=1S/C20H12Cl2N2O2/c21-13-7-4-8-14(11-13)23-18-17(22)19(25)24(20(18)26)16-10-3-6-12-5-1-2-9-15(12)16/h1-11,23H. The molecule has 0 atom stereocenters. The number of carbonyl (C=O) groups excluding carboxylic acids is 2. The van der Waals surface area contributed by atoms with Gasteiger partial charge in [-0.3, -0.25) is 9.59 Å². The SMILES string of the molecule is O=C1C(Cl)=C(Nc2cccc(Cl)c2)C(=O)N1c1cccc2ccccc12. The van der Waals surface area contributed by atoms with Crippen molar-refractivity contribution >= 4 is 57.2 Å². The Morgan fingerprint density at radius 2 is 1.54 bits per heavy atom. The Balaban J connectivity index is 1.75. The number of halogens is 2. The second-order valence-corrected chi connectivity index (χ2v) is 6.58. The molecule has 0 unspecified atom stereocenters. The van der Waals surface area contributed by atoms with Gasteiger partial charge >= 0.3 is 0 Å². The normalized spacial score (nSPS) is 14.5. The fraction of sp³-hybridized carbons (Fsp3) is 0. The zero-order valence-corrected chi connectivity index (χ0v) is 14.9. The van der Waals surface area contributed by atoms with E-state index in [0.717, 1.165) is 15.7 Å². The second-order valence-electron chi connectivity index (χ2n) is 5.77. The van der Waals surface area contributed by atoms with Crippen LogP contribution in [0.3, 0.4) is 0 Å². The van der Waals surface area contributed by atoms with Crippen molar-refractivity contribution in [2.75, 3.05) is 10.2 Å². The number of benzene rings is 3. The molecule has 3 aromatic carbocycles. The molecule has 1 N–H and O–H groups in total. The summed E-state index contributed by atoms with van der Waals surface area (Å²) >= 11 is 12.2. The van der Waals surface area contributed by atoms with Gasteiger partial charge in [0.25, 0.3) is 11.8 Å². The third-order valence-corrected chi connectivity index (χ3v) is 4.71. The lowest BCUT2D eigenvalue weighted by atomic mass is 10.1. The monoisotopic (exact) mass is 382 g/mol. The number of rotatable bonds is 3. The number of imide groups is 1. The highest BCUT2D eigenvalue weighted by Gasteiger charge is 2.39. The average molecular weight is 383 g/mol. The third kappa shape index (κ3) is 2.73. The molecule has 0 saturated carbocycles. The van der Waals surface area contributed by atoms with E-state index >= 15 is 0 Å². The fourth-order valence-electron chi connectivity index (χ4n) is 2.94. The highest BCUT2D eigenvalue weighted by molar-refractivity contribution is 6.53. The summed E-state index contributed by atoms with van der Waals surface area (Å²) in [4.78, 5) is 26.7. The summed E-state index contributed by atoms with van der Waals surface area (Å²) in [6.07, 6.45) is 0. The molecule has 1 aliphatic rings. The lowest BCUT2D eigenvalue weighted by Gasteiger charge is -2.17. The number of carbonyl (C=O) groups is 2. The molecule has 0 saturated heterocycles. The largest absolute Gasteiger partial charge is 0.350 e. The van der Waals surface area contributed by atoms with Crippen LogP contribution in [0.25, 0.3) is 10.8 Å². The molecular formula is C20H12Cl2N2O2. The maximum absolute atomic E-state index is 12.9. The number of nitrogens with zero attached hydrogens (tertiary/aromatic N) is 1. The smallest absolute Gasteiger partial charge is 0.283 e. The highest BCUT2D eigenvalue weighted by Crippen LogP contribution is 2.34. The molecular weight excluding hydrogens is 371 g/mol. The summed E-state index contributed by atoms with van der Waals surface area (Å²) in [6.45, 7) is 0. The van der Waals surface area contributed by atoms with Crippen molar-refractivity contribution in [1.29, 1.82) is 0 Å². The molecule has 128 valence electrons. The first-order valence-corrected chi connectivity index (χ1v) is 8.61. The molecule has 2 amide bonds. The van der Waals surface area contributed by atoms with Crippen LogP contribution in [0.2, 0.25) is 5.02 Å². The summed E-state index contributed by atoms with van der Waals surface area (Å²) < 4.78 is 0. The lowest BCUT2D eigenvalue weighted by molar-refractivity contribution is -0.120. The van der Waals surface area contributed by atoms with Crippen LogP contribution in [0.5, 0.6) is 0 Å². The van der Waals surface area contributed by atoms with Crippen molar-refractivity contribution in [3.05, 3.63) is 82.5 Å². The van der Waals surface area contributed by atoms with Gasteiger partial charge in [0.15, 0.2) is 0 Å². The van der Waals surface area contributed by atoms with E-state index in [1.54, 1.807) is 36.4 Å². The van der Waals surface area contributed by atoms with Crippen molar-refractivity contribution in [3.8, 4) is 0 Å². The van der Waals surface area contributed by atoms with Crippen molar-refractivity contribution in [1.82, 2.24) is 0 Å². The number of nitrogens with one attached hydrogen (secondary N) is 1. The zero-order valence-electron chi connectivity index (χ0n) is 13.4. The number of amides is 2. The molecule has 1 aliphatic heterocycles. The minimum Gasteiger partial charge on any atom is -0.350 e. The fourth-order valence-corrected chi connectivity index (χ4v) is 3.35. The Kier molecular flexibility index (Phi) is 4.15. The van der Waals surface area contributed by atoms with Gasteiger partial charge in [0.1, 0.15) is 10.7 Å². The number of anilines is 2. The van der Waals surface area contributed by atoms with Crippen LogP contribution in [0, 0.1) is 0 Å². The van der Waals surface area contributed by atoms with E-state index in [2.05, 4.69) is 5.32 Å². The molecule has 3 aromatic rings. The summed E-state index contributed by atoms with van der Waals surface area (Å²) in [5, 5.41) is 4.99. The molecule has 0 spiro atoms. The molecule has 0 radical (unpaired) electrons. The first-order valence-electron chi connectivity index (χ1n) is 7.85. The molecule has 26 heavy (non-hydrogen) atoms. The van der Waals surface area contributed by atoms with Crippen LogP contribution < -0.4 is 10.2 Å². The first kappa shape index (κ1) is 16.6. The van der Waals surface area contributed by atoms with Gasteiger partial charge in [-0.25, -0.2) is 4.90 Å². The number of hydrogen-bond acceptors (Lipinski definition) is 3. The Labute approximate surface area is 159 Å². The van der Waals surface area contributed by atoms with Gasteiger partial charge in [-0.2, -0.15) is 0 Å². The van der Waals surface area contributed by atoms with Crippen molar-refractivity contribution < 1.29 is 9.59 Å². The van der Waals surface area contributed by atoms with Gasteiger partial charge in [-0.1, -0.05) is 65.7 Å². The van der Waals surface area contributed by atoms with Crippen LogP contribution in [0.1, 0.15) is 0 Å². The minimum atomic E-state index is -0.558. The second kappa shape index (κ2) is 6.48. The van der Waals surface area contributed by atoms with Crippen LogP contribution in [-0.2, 0) is 9.59 Å².